The van der Waals surface area contributed by atoms with Crippen LogP contribution in [0.5, 0.6) is 0 Å². The molecular weight excluding hydrogens is 348 g/mol. The minimum atomic E-state index is -3.47. The highest BCUT2D eigenvalue weighted by Crippen LogP contribution is 2.31. The molecule has 9 heteroatoms. The first kappa shape index (κ1) is 15.9. The summed E-state index contributed by atoms with van der Waals surface area (Å²) >= 11 is 1.30. The van der Waals surface area contributed by atoms with Gasteiger partial charge in [-0.1, -0.05) is 0 Å². The summed E-state index contributed by atoms with van der Waals surface area (Å²) < 4.78 is 32.7. The summed E-state index contributed by atoms with van der Waals surface area (Å²) in [6, 6.07) is 3.50. The molecule has 0 atom stereocenters. The Morgan fingerprint density at radius 2 is 2.00 bits per heavy atom. The lowest BCUT2D eigenvalue weighted by atomic mass is 10.3. The second-order valence-electron chi connectivity index (χ2n) is 5.88. The van der Waals surface area contributed by atoms with Gasteiger partial charge in [0.1, 0.15) is 4.21 Å². The average Bonchev–Trinajstić information content (AvgIpc) is 3.21. The van der Waals surface area contributed by atoms with Crippen molar-refractivity contribution in [2.24, 2.45) is 0 Å². The minimum absolute atomic E-state index is 0.300. The first-order valence-corrected chi connectivity index (χ1v) is 10.0. The van der Waals surface area contributed by atoms with Crippen molar-refractivity contribution in [1.29, 1.82) is 0 Å². The molecule has 1 saturated heterocycles. The van der Waals surface area contributed by atoms with Crippen molar-refractivity contribution in [3.8, 4) is 0 Å². The molecule has 2 aliphatic heterocycles. The van der Waals surface area contributed by atoms with Crippen LogP contribution in [0.25, 0.3) is 0 Å². The SMILES string of the molecule is Cc1ccc(S(=O)(=O)N2Cc3cnc(N4CCOCC4)nc3C2)s1. The fourth-order valence-electron chi connectivity index (χ4n) is 2.88. The molecule has 2 aromatic heterocycles. The van der Waals surface area contributed by atoms with Crippen LogP contribution in [0.1, 0.15) is 16.1 Å². The van der Waals surface area contributed by atoms with E-state index in [2.05, 4.69) is 14.9 Å². The molecule has 0 N–H and O–H groups in total. The van der Waals surface area contributed by atoms with Gasteiger partial charge < -0.3 is 9.64 Å². The lowest BCUT2D eigenvalue weighted by Gasteiger charge is -2.26. The largest absolute Gasteiger partial charge is 0.378 e. The van der Waals surface area contributed by atoms with Crippen LogP contribution in [0, 0.1) is 6.92 Å². The Kier molecular flexibility index (Phi) is 4.03. The van der Waals surface area contributed by atoms with Gasteiger partial charge >= 0.3 is 0 Å². The number of thiophene rings is 1. The van der Waals surface area contributed by atoms with E-state index in [9.17, 15) is 8.42 Å². The Hall–Kier alpha value is -1.55. The summed E-state index contributed by atoms with van der Waals surface area (Å²) in [5, 5.41) is 0. The number of sulfonamides is 1. The first-order valence-electron chi connectivity index (χ1n) is 7.78. The standard InChI is InChI=1S/C15H18N4O3S2/c1-11-2-3-14(23-11)24(20,21)19-9-12-8-16-15(17-13(12)10-19)18-4-6-22-7-5-18/h2-3,8H,4-7,9-10H2,1H3. The van der Waals surface area contributed by atoms with Crippen LogP contribution in [-0.4, -0.2) is 49.0 Å². The Labute approximate surface area is 145 Å². The van der Waals surface area contributed by atoms with Gasteiger partial charge in [-0.25, -0.2) is 18.4 Å². The molecule has 0 unspecified atom stereocenters. The molecule has 0 bridgehead atoms. The van der Waals surface area contributed by atoms with Crippen molar-refractivity contribution in [3.63, 3.8) is 0 Å². The summed E-state index contributed by atoms with van der Waals surface area (Å²) in [4.78, 5) is 12.1. The third kappa shape index (κ3) is 2.81. The zero-order chi connectivity index (χ0) is 16.7. The van der Waals surface area contributed by atoms with Gasteiger partial charge in [-0.05, 0) is 19.1 Å². The number of nitrogens with zero attached hydrogens (tertiary/aromatic N) is 4. The number of hydrogen-bond donors (Lipinski definition) is 0. The number of ether oxygens (including phenoxy) is 1. The van der Waals surface area contributed by atoms with E-state index >= 15 is 0 Å². The van der Waals surface area contributed by atoms with Crippen molar-refractivity contribution in [2.75, 3.05) is 31.2 Å². The average molecular weight is 366 g/mol. The number of hydrogen-bond acceptors (Lipinski definition) is 7. The molecule has 0 radical (unpaired) electrons. The highest BCUT2D eigenvalue weighted by Gasteiger charge is 2.33. The number of morpholine rings is 1. The summed E-state index contributed by atoms with van der Waals surface area (Å²) in [6.07, 6.45) is 1.75. The van der Waals surface area contributed by atoms with Gasteiger partial charge in [-0.3, -0.25) is 0 Å². The third-order valence-electron chi connectivity index (χ3n) is 4.22. The molecule has 0 spiro atoms. The van der Waals surface area contributed by atoms with E-state index in [1.54, 1.807) is 12.3 Å². The molecular formula is C15H18N4O3S2. The van der Waals surface area contributed by atoms with Crippen LogP contribution in [-0.2, 0) is 27.8 Å². The Morgan fingerprint density at radius 1 is 1.21 bits per heavy atom. The molecule has 0 aromatic carbocycles. The molecule has 1 fully saturated rings. The van der Waals surface area contributed by atoms with E-state index in [1.165, 1.54) is 15.6 Å². The van der Waals surface area contributed by atoms with Gasteiger partial charge in [-0.2, -0.15) is 4.31 Å². The maximum atomic E-state index is 12.8. The minimum Gasteiger partial charge on any atom is -0.378 e. The van der Waals surface area contributed by atoms with Crippen molar-refractivity contribution in [3.05, 3.63) is 34.5 Å². The fourth-order valence-corrected chi connectivity index (χ4v) is 5.69. The number of anilines is 1. The van der Waals surface area contributed by atoms with Gasteiger partial charge in [0.05, 0.1) is 25.5 Å². The van der Waals surface area contributed by atoms with Crippen molar-refractivity contribution < 1.29 is 13.2 Å². The summed E-state index contributed by atoms with van der Waals surface area (Å²) in [6.45, 7) is 5.39. The topological polar surface area (TPSA) is 75.6 Å². The van der Waals surface area contributed by atoms with E-state index in [0.717, 1.165) is 29.2 Å². The maximum absolute atomic E-state index is 12.8. The number of fused-ring (bicyclic) bond motifs is 1. The molecule has 128 valence electrons. The van der Waals surface area contributed by atoms with E-state index in [0.29, 0.717) is 36.5 Å². The van der Waals surface area contributed by atoms with Crippen LogP contribution < -0.4 is 4.90 Å². The Morgan fingerprint density at radius 3 is 2.71 bits per heavy atom. The predicted octanol–water partition coefficient (Wildman–Crippen LogP) is 1.39. The molecule has 7 nitrogen and oxygen atoms in total. The second-order valence-corrected chi connectivity index (χ2v) is 9.33. The van der Waals surface area contributed by atoms with E-state index < -0.39 is 10.0 Å². The van der Waals surface area contributed by atoms with Crippen LogP contribution in [0.3, 0.4) is 0 Å². The fraction of sp³-hybridized carbons (Fsp3) is 0.467. The van der Waals surface area contributed by atoms with Crippen LogP contribution >= 0.6 is 11.3 Å². The van der Waals surface area contributed by atoms with E-state index in [-0.39, 0.29) is 0 Å². The van der Waals surface area contributed by atoms with Crippen LogP contribution in [0.2, 0.25) is 0 Å². The molecule has 2 aliphatic rings. The number of aryl methyl sites for hydroxylation is 1. The highest BCUT2D eigenvalue weighted by atomic mass is 32.2. The van der Waals surface area contributed by atoms with Crippen molar-refractivity contribution in [1.82, 2.24) is 14.3 Å². The smallest absolute Gasteiger partial charge is 0.253 e. The zero-order valence-corrected chi connectivity index (χ0v) is 14.9. The van der Waals surface area contributed by atoms with Gasteiger partial charge in [-0.15, -0.1) is 11.3 Å². The van der Waals surface area contributed by atoms with Gasteiger partial charge in [0.2, 0.25) is 5.95 Å². The van der Waals surface area contributed by atoms with Gasteiger partial charge in [0, 0.05) is 36.3 Å². The monoisotopic (exact) mass is 366 g/mol. The quantitative estimate of drug-likeness (QED) is 0.817. The van der Waals surface area contributed by atoms with Gasteiger partial charge in [0.15, 0.2) is 0 Å². The molecule has 0 aliphatic carbocycles. The van der Waals surface area contributed by atoms with Crippen molar-refractivity contribution in [2.45, 2.75) is 24.2 Å². The first-order chi connectivity index (χ1) is 11.5. The normalized spacial score (nSPS) is 18.8. The Bertz CT molecular complexity index is 859. The van der Waals surface area contributed by atoms with Crippen molar-refractivity contribution >= 4 is 27.3 Å². The number of aromatic nitrogens is 2. The number of rotatable bonds is 3. The summed E-state index contributed by atoms with van der Waals surface area (Å²) in [5.41, 5.74) is 1.67. The molecule has 4 rings (SSSR count). The third-order valence-corrected chi connectivity index (χ3v) is 7.48. The summed E-state index contributed by atoms with van der Waals surface area (Å²) in [5.74, 6) is 0.656. The predicted molar refractivity (Wildman–Crippen MR) is 90.6 cm³/mol. The highest BCUT2D eigenvalue weighted by molar-refractivity contribution is 7.91. The summed E-state index contributed by atoms with van der Waals surface area (Å²) in [7, 11) is -3.47. The molecule has 2 aromatic rings. The van der Waals surface area contributed by atoms with Crippen LogP contribution in [0.4, 0.5) is 5.95 Å². The second kappa shape index (κ2) is 6.07. The van der Waals surface area contributed by atoms with E-state index in [1.807, 2.05) is 13.0 Å². The maximum Gasteiger partial charge on any atom is 0.253 e. The zero-order valence-electron chi connectivity index (χ0n) is 13.3. The molecule has 0 amide bonds. The Balaban J connectivity index is 1.57. The molecule has 0 saturated carbocycles. The molecule has 4 heterocycles. The van der Waals surface area contributed by atoms with Crippen LogP contribution in [0.15, 0.2) is 22.5 Å². The van der Waals surface area contributed by atoms with Gasteiger partial charge in [0.25, 0.3) is 10.0 Å². The lowest BCUT2D eigenvalue weighted by Crippen LogP contribution is -2.37. The van der Waals surface area contributed by atoms with E-state index in [4.69, 9.17) is 4.74 Å². The lowest BCUT2D eigenvalue weighted by molar-refractivity contribution is 0.122. The molecule has 24 heavy (non-hydrogen) atoms.